The number of pyridine rings is 1. The number of rotatable bonds is 3. The molecule has 0 saturated carbocycles. The van der Waals surface area contributed by atoms with Crippen LogP contribution in [0, 0.1) is 5.92 Å². The summed E-state index contributed by atoms with van der Waals surface area (Å²) in [6, 6.07) is 6.01. The highest BCUT2D eigenvalue weighted by atomic mass is 14.7. The molecule has 0 N–H and O–H groups in total. The molecule has 0 aliphatic heterocycles. The normalized spacial score (nSPS) is 12.2. The van der Waals surface area contributed by atoms with Crippen molar-refractivity contribution in [2.75, 3.05) is 0 Å². The van der Waals surface area contributed by atoms with E-state index >= 15 is 0 Å². The molecule has 0 saturated heterocycles. The van der Waals surface area contributed by atoms with E-state index in [1.165, 1.54) is 5.57 Å². The summed E-state index contributed by atoms with van der Waals surface area (Å²) in [5, 5.41) is 0. The molecule has 0 amide bonds. The first-order chi connectivity index (χ1) is 6.20. The van der Waals surface area contributed by atoms with E-state index in [1.54, 1.807) is 0 Å². The quantitative estimate of drug-likeness (QED) is 0.684. The molecule has 0 bridgehead atoms. The molecule has 0 aliphatic rings. The summed E-state index contributed by atoms with van der Waals surface area (Å²) in [5.41, 5.74) is 2.36. The van der Waals surface area contributed by atoms with Crippen molar-refractivity contribution in [1.82, 2.24) is 4.98 Å². The predicted molar refractivity (Wildman–Crippen MR) is 57.3 cm³/mol. The van der Waals surface area contributed by atoms with Gasteiger partial charge in [-0.15, -0.1) is 0 Å². The minimum absolute atomic E-state index is 0.721. The zero-order chi connectivity index (χ0) is 9.68. The van der Waals surface area contributed by atoms with Crippen LogP contribution < -0.4 is 0 Å². The fraction of sp³-hybridized carbons (Fsp3) is 0.417. The Morgan fingerprint density at radius 2 is 2.23 bits per heavy atom. The fourth-order valence-corrected chi connectivity index (χ4v) is 1.11. The van der Waals surface area contributed by atoms with Crippen molar-refractivity contribution < 1.29 is 0 Å². The van der Waals surface area contributed by atoms with E-state index in [1.807, 2.05) is 24.4 Å². The zero-order valence-electron chi connectivity index (χ0n) is 8.62. The summed E-state index contributed by atoms with van der Waals surface area (Å²) in [6.45, 7) is 6.56. The third-order valence-corrected chi connectivity index (χ3v) is 1.96. The van der Waals surface area contributed by atoms with Crippen LogP contribution >= 0.6 is 0 Å². The van der Waals surface area contributed by atoms with Crippen molar-refractivity contribution >= 4 is 5.57 Å². The second-order valence-electron chi connectivity index (χ2n) is 3.73. The predicted octanol–water partition coefficient (Wildman–Crippen LogP) is 3.53. The Hall–Kier alpha value is -1.11. The molecule has 1 rings (SSSR count). The third kappa shape index (κ3) is 3.41. The standard InChI is InChI=1S/C12H17N/c1-10(2)7-8-11(3)12-6-4-5-9-13-12/h4-6,8-10H,7H2,1-3H3/b11-8+. The average Bonchev–Trinajstić information content (AvgIpc) is 2.15. The van der Waals surface area contributed by atoms with Crippen LogP contribution in [-0.2, 0) is 0 Å². The lowest BCUT2D eigenvalue weighted by atomic mass is 10.1. The van der Waals surface area contributed by atoms with Crippen LogP contribution in [0.3, 0.4) is 0 Å². The van der Waals surface area contributed by atoms with Crippen LogP contribution in [0.2, 0.25) is 0 Å². The molecule has 0 atom stereocenters. The lowest BCUT2D eigenvalue weighted by molar-refractivity contribution is 0.664. The first-order valence-corrected chi connectivity index (χ1v) is 4.78. The lowest BCUT2D eigenvalue weighted by Crippen LogP contribution is -1.87. The molecule has 0 unspecified atom stereocenters. The molecule has 0 spiro atoms. The summed E-state index contributed by atoms with van der Waals surface area (Å²) < 4.78 is 0. The van der Waals surface area contributed by atoms with Crippen LogP contribution in [0.25, 0.3) is 5.57 Å². The van der Waals surface area contributed by atoms with E-state index in [4.69, 9.17) is 0 Å². The Morgan fingerprint density at radius 1 is 1.46 bits per heavy atom. The molecule has 1 heteroatoms. The smallest absolute Gasteiger partial charge is 0.0655 e. The zero-order valence-corrected chi connectivity index (χ0v) is 8.62. The number of hydrogen-bond donors (Lipinski definition) is 0. The Kier molecular flexibility index (Phi) is 3.69. The van der Waals surface area contributed by atoms with E-state index in [9.17, 15) is 0 Å². The van der Waals surface area contributed by atoms with Crippen molar-refractivity contribution in [3.8, 4) is 0 Å². The second-order valence-corrected chi connectivity index (χ2v) is 3.73. The Balaban J connectivity index is 2.68. The summed E-state index contributed by atoms with van der Waals surface area (Å²) in [5.74, 6) is 0.721. The Labute approximate surface area is 80.5 Å². The molecule has 0 aromatic carbocycles. The van der Waals surface area contributed by atoms with Crippen molar-refractivity contribution in [3.63, 3.8) is 0 Å². The lowest BCUT2D eigenvalue weighted by Gasteiger charge is -2.02. The number of aromatic nitrogens is 1. The van der Waals surface area contributed by atoms with Gasteiger partial charge in [-0.25, -0.2) is 0 Å². The van der Waals surface area contributed by atoms with Gasteiger partial charge in [0.2, 0.25) is 0 Å². The molecular formula is C12H17N. The molecule has 70 valence electrons. The Morgan fingerprint density at radius 3 is 2.77 bits per heavy atom. The largest absolute Gasteiger partial charge is 0.257 e. The van der Waals surface area contributed by atoms with Crippen LogP contribution in [0.4, 0.5) is 0 Å². The highest BCUT2D eigenvalue weighted by molar-refractivity contribution is 5.59. The molecule has 1 aromatic heterocycles. The van der Waals surface area contributed by atoms with E-state index < -0.39 is 0 Å². The maximum atomic E-state index is 4.29. The first kappa shape index (κ1) is 9.97. The molecule has 0 aliphatic carbocycles. The van der Waals surface area contributed by atoms with Crippen molar-refractivity contribution in [1.29, 1.82) is 0 Å². The van der Waals surface area contributed by atoms with Crippen LogP contribution in [-0.4, -0.2) is 4.98 Å². The van der Waals surface area contributed by atoms with Crippen molar-refractivity contribution in [3.05, 3.63) is 36.2 Å². The van der Waals surface area contributed by atoms with Gasteiger partial charge in [0.15, 0.2) is 0 Å². The fourth-order valence-electron chi connectivity index (χ4n) is 1.11. The van der Waals surface area contributed by atoms with E-state index in [-0.39, 0.29) is 0 Å². The molecule has 0 fully saturated rings. The SMILES string of the molecule is C/C(=C\CC(C)C)c1ccccn1. The van der Waals surface area contributed by atoms with Crippen LogP contribution in [0.5, 0.6) is 0 Å². The van der Waals surface area contributed by atoms with Gasteiger partial charge in [-0.05, 0) is 37.0 Å². The molecule has 0 radical (unpaired) electrons. The van der Waals surface area contributed by atoms with Gasteiger partial charge in [0.25, 0.3) is 0 Å². The van der Waals surface area contributed by atoms with Crippen molar-refractivity contribution in [2.45, 2.75) is 27.2 Å². The number of nitrogens with zero attached hydrogens (tertiary/aromatic N) is 1. The highest BCUT2D eigenvalue weighted by Gasteiger charge is 1.95. The van der Waals surface area contributed by atoms with Gasteiger partial charge in [-0.1, -0.05) is 26.0 Å². The molecule has 1 heterocycles. The maximum Gasteiger partial charge on any atom is 0.0655 e. The van der Waals surface area contributed by atoms with E-state index in [2.05, 4.69) is 31.8 Å². The summed E-state index contributed by atoms with van der Waals surface area (Å²) in [7, 11) is 0. The minimum atomic E-state index is 0.721. The van der Waals surface area contributed by atoms with Crippen LogP contribution in [0.15, 0.2) is 30.5 Å². The molecule has 1 aromatic rings. The van der Waals surface area contributed by atoms with Crippen molar-refractivity contribution in [2.24, 2.45) is 5.92 Å². The number of allylic oxidation sites excluding steroid dienone is 2. The summed E-state index contributed by atoms with van der Waals surface area (Å²) in [6.07, 6.45) is 5.22. The highest BCUT2D eigenvalue weighted by Crippen LogP contribution is 2.12. The van der Waals surface area contributed by atoms with Gasteiger partial charge >= 0.3 is 0 Å². The van der Waals surface area contributed by atoms with E-state index in [0.29, 0.717) is 0 Å². The Bertz CT molecular complexity index is 272. The topological polar surface area (TPSA) is 12.9 Å². The first-order valence-electron chi connectivity index (χ1n) is 4.78. The van der Waals surface area contributed by atoms with Gasteiger partial charge in [0.05, 0.1) is 5.69 Å². The van der Waals surface area contributed by atoms with Gasteiger partial charge < -0.3 is 0 Å². The second kappa shape index (κ2) is 4.80. The number of hydrogen-bond acceptors (Lipinski definition) is 1. The van der Waals surface area contributed by atoms with Gasteiger partial charge in [-0.3, -0.25) is 4.98 Å². The summed E-state index contributed by atoms with van der Waals surface area (Å²) in [4.78, 5) is 4.29. The third-order valence-electron chi connectivity index (χ3n) is 1.96. The van der Waals surface area contributed by atoms with Gasteiger partial charge in [0.1, 0.15) is 0 Å². The average molecular weight is 175 g/mol. The van der Waals surface area contributed by atoms with Crippen LogP contribution in [0.1, 0.15) is 32.9 Å². The molecule has 13 heavy (non-hydrogen) atoms. The monoisotopic (exact) mass is 175 g/mol. The molecular weight excluding hydrogens is 158 g/mol. The molecule has 1 nitrogen and oxygen atoms in total. The van der Waals surface area contributed by atoms with E-state index in [0.717, 1.165) is 18.0 Å². The maximum absolute atomic E-state index is 4.29. The van der Waals surface area contributed by atoms with Gasteiger partial charge in [-0.2, -0.15) is 0 Å². The van der Waals surface area contributed by atoms with Gasteiger partial charge in [0, 0.05) is 6.20 Å². The minimum Gasteiger partial charge on any atom is -0.257 e. The summed E-state index contributed by atoms with van der Waals surface area (Å²) >= 11 is 0.